The van der Waals surface area contributed by atoms with Crippen LogP contribution in [0.15, 0.2) is 24.7 Å². The molecule has 108 valence electrons. The van der Waals surface area contributed by atoms with Crippen molar-refractivity contribution in [3.05, 3.63) is 35.8 Å². The quantitative estimate of drug-likeness (QED) is 0.562. The van der Waals surface area contributed by atoms with Crippen molar-refractivity contribution in [1.82, 2.24) is 9.97 Å². The molecule has 0 aliphatic heterocycles. The third-order valence-corrected chi connectivity index (χ3v) is 2.64. The van der Waals surface area contributed by atoms with Gasteiger partial charge in [-0.25, -0.2) is 9.78 Å². The zero-order valence-corrected chi connectivity index (χ0v) is 10.9. The monoisotopic (exact) mass is 289 g/mol. The van der Waals surface area contributed by atoms with E-state index in [1.54, 1.807) is 0 Å². The summed E-state index contributed by atoms with van der Waals surface area (Å²) in [7, 11) is 0. The molecule has 1 heterocycles. The molecule has 8 nitrogen and oxygen atoms in total. The molecule has 4 N–H and O–H groups in total. The van der Waals surface area contributed by atoms with E-state index in [-0.39, 0.29) is 22.4 Å². The summed E-state index contributed by atoms with van der Waals surface area (Å²) in [5, 5.41) is 9.24. The van der Waals surface area contributed by atoms with Crippen molar-refractivity contribution in [2.24, 2.45) is 5.73 Å². The molecular weight excluding hydrogens is 278 g/mol. The summed E-state index contributed by atoms with van der Waals surface area (Å²) in [6, 6.07) is 2.39. The van der Waals surface area contributed by atoms with Gasteiger partial charge in [0.25, 0.3) is 0 Å². The molecule has 2 aromatic rings. The number of aromatic carboxylic acids is 1. The lowest BCUT2D eigenvalue weighted by Gasteiger charge is -2.12. The van der Waals surface area contributed by atoms with Gasteiger partial charge in [0, 0.05) is 18.1 Å². The highest BCUT2D eigenvalue weighted by molar-refractivity contribution is 6.01. The van der Waals surface area contributed by atoms with E-state index in [9.17, 15) is 19.5 Å². The number of hydrogen-bond acceptors (Lipinski definition) is 5. The lowest BCUT2D eigenvalue weighted by molar-refractivity contribution is -0.131. The zero-order valence-electron chi connectivity index (χ0n) is 10.9. The minimum atomic E-state index is -1.35. The summed E-state index contributed by atoms with van der Waals surface area (Å²) in [6.07, 6.45) is 2.77. The molecular formula is C13H11N3O5. The van der Waals surface area contributed by atoms with Gasteiger partial charge in [0.2, 0.25) is 5.91 Å². The fourth-order valence-electron chi connectivity index (χ4n) is 1.79. The Kier molecular flexibility index (Phi) is 3.70. The van der Waals surface area contributed by atoms with Gasteiger partial charge in [-0.2, -0.15) is 0 Å². The number of rotatable bonds is 4. The first-order valence-electron chi connectivity index (χ1n) is 5.78. The first kappa shape index (κ1) is 14.3. The van der Waals surface area contributed by atoms with Gasteiger partial charge in [-0.15, -0.1) is 0 Å². The number of carboxylic acid groups (broad SMARTS) is 1. The molecule has 2 rings (SSSR count). The maximum absolute atomic E-state index is 11.3. The van der Waals surface area contributed by atoms with Gasteiger partial charge in [0.1, 0.15) is 5.56 Å². The van der Waals surface area contributed by atoms with E-state index in [1.807, 2.05) is 0 Å². The topological polar surface area (TPSA) is 135 Å². The number of H-pyrrole nitrogens is 1. The number of carboxylic acids is 1. The van der Waals surface area contributed by atoms with E-state index in [1.165, 1.54) is 18.6 Å². The van der Waals surface area contributed by atoms with E-state index < -0.39 is 17.8 Å². The minimum Gasteiger partial charge on any atom is -0.478 e. The lowest BCUT2D eigenvalue weighted by Crippen LogP contribution is -2.15. The van der Waals surface area contributed by atoms with Gasteiger partial charge < -0.3 is 20.6 Å². The second-order valence-corrected chi connectivity index (χ2v) is 4.13. The SMILES string of the molecule is CC(=O)Oc1c(C(=O)O)cc(C(N)=O)cc1-c1cnc[nH]1. The van der Waals surface area contributed by atoms with Gasteiger partial charge in [-0.1, -0.05) is 0 Å². The van der Waals surface area contributed by atoms with E-state index >= 15 is 0 Å². The van der Waals surface area contributed by atoms with E-state index in [0.29, 0.717) is 5.69 Å². The van der Waals surface area contributed by atoms with Gasteiger partial charge in [-0.3, -0.25) is 9.59 Å². The Balaban J connectivity index is 2.77. The van der Waals surface area contributed by atoms with Crippen LogP contribution in [0, 0.1) is 0 Å². The number of carbonyl (C=O) groups is 3. The third-order valence-electron chi connectivity index (χ3n) is 2.64. The van der Waals surface area contributed by atoms with Crippen molar-refractivity contribution in [3.8, 4) is 17.0 Å². The van der Waals surface area contributed by atoms with Crippen LogP contribution < -0.4 is 10.5 Å². The number of nitrogens with one attached hydrogen (secondary N) is 1. The van der Waals surface area contributed by atoms with E-state index in [2.05, 4.69) is 9.97 Å². The molecule has 0 aliphatic rings. The summed E-state index contributed by atoms with van der Waals surface area (Å²) in [6.45, 7) is 1.14. The number of aromatic nitrogens is 2. The Morgan fingerprint density at radius 3 is 2.52 bits per heavy atom. The third kappa shape index (κ3) is 2.89. The standard InChI is InChI=1S/C13H11N3O5/c1-6(17)21-11-8(10-4-15-5-16-10)2-7(12(14)18)3-9(11)13(19)20/h2-5H,1H3,(H2,14,18)(H,15,16)(H,19,20). The molecule has 0 radical (unpaired) electrons. The van der Waals surface area contributed by atoms with Crippen LogP contribution in [-0.2, 0) is 4.79 Å². The maximum atomic E-state index is 11.3. The predicted octanol–water partition coefficient (Wildman–Crippen LogP) is 0.799. The van der Waals surface area contributed by atoms with Gasteiger partial charge in [-0.05, 0) is 12.1 Å². The molecule has 0 aliphatic carbocycles. The van der Waals surface area contributed by atoms with Crippen LogP contribution in [0.2, 0.25) is 0 Å². The molecule has 0 fully saturated rings. The van der Waals surface area contributed by atoms with Crippen molar-refractivity contribution >= 4 is 17.8 Å². The lowest BCUT2D eigenvalue weighted by atomic mass is 10.0. The average Bonchev–Trinajstić information content (AvgIpc) is 2.91. The summed E-state index contributed by atoms with van der Waals surface area (Å²) in [5.41, 5.74) is 5.42. The maximum Gasteiger partial charge on any atom is 0.339 e. The molecule has 0 spiro atoms. The van der Waals surface area contributed by atoms with Crippen LogP contribution in [0.4, 0.5) is 0 Å². The number of hydrogen-bond donors (Lipinski definition) is 3. The Bertz CT molecular complexity index is 722. The van der Waals surface area contributed by atoms with Crippen LogP contribution in [0.5, 0.6) is 5.75 Å². The Hall–Kier alpha value is -3.16. The molecule has 1 aromatic carbocycles. The second kappa shape index (κ2) is 5.45. The summed E-state index contributed by atoms with van der Waals surface area (Å²) >= 11 is 0. The highest BCUT2D eigenvalue weighted by atomic mass is 16.5. The van der Waals surface area contributed by atoms with Crippen LogP contribution in [-0.4, -0.2) is 32.9 Å². The summed E-state index contributed by atoms with van der Waals surface area (Å²) in [5.74, 6) is -3.02. The molecule has 1 amide bonds. The molecule has 0 saturated heterocycles. The normalized spacial score (nSPS) is 10.1. The van der Waals surface area contributed by atoms with E-state index in [4.69, 9.17) is 10.5 Å². The number of aromatic amines is 1. The second-order valence-electron chi connectivity index (χ2n) is 4.13. The van der Waals surface area contributed by atoms with E-state index in [0.717, 1.165) is 13.0 Å². The number of nitrogens with two attached hydrogens (primary N) is 1. The molecule has 21 heavy (non-hydrogen) atoms. The van der Waals surface area contributed by atoms with Crippen molar-refractivity contribution in [3.63, 3.8) is 0 Å². The van der Waals surface area contributed by atoms with Crippen LogP contribution in [0.3, 0.4) is 0 Å². The first-order chi connectivity index (χ1) is 9.90. The minimum absolute atomic E-state index is 0.0205. The molecule has 0 bridgehead atoms. The molecule has 8 heteroatoms. The first-order valence-corrected chi connectivity index (χ1v) is 5.78. The average molecular weight is 289 g/mol. The number of amides is 1. The Labute approximate surface area is 118 Å². The molecule has 0 unspecified atom stereocenters. The van der Waals surface area contributed by atoms with Crippen molar-refractivity contribution in [2.45, 2.75) is 6.92 Å². The van der Waals surface area contributed by atoms with Crippen molar-refractivity contribution in [2.75, 3.05) is 0 Å². The summed E-state index contributed by atoms with van der Waals surface area (Å²) in [4.78, 5) is 40.4. The number of benzene rings is 1. The highest BCUT2D eigenvalue weighted by Gasteiger charge is 2.22. The Morgan fingerprint density at radius 1 is 1.33 bits per heavy atom. The Morgan fingerprint density at radius 2 is 2.05 bits per heavy atom. The fourth-order valence-corrected chi connectivity index (χ4v) is 1.79. The smallest absolute Gasteiger partial charge is 0.339 e. The molecule has 0 saturated carbocycles. The number of carbonyl (C=O) groups excluding carboxylic acids is 2. The van der Waals surface area contributed by atoms with Crippen molar-refractivity contribution < 1.29 is 24.2 Å². The summed E-state index contributed by atoms with van der Waals surface area (Å²) < 4.78 is 4.98. The molecule has 0 atom stereocenters. The fraction of sp³-hybridized carbons (Fsp3) is 0.0769. The van der Waals surface area contributed by atoms with Crippen LogP contribution in [0.1, 0.15) is 27.6 Å². The van der Waals surface area contributed by atoms with Crippen molar-refractivity contribution in [1.29, 1.82) is 0 Å². The number of imidazole rings is 1. The predicted molar refractivity (Wildman–Crippen MR) is 70.8 cm³/mol. The number of nitrogens with zero attached hydrogens (tertiary/aromatic N) is 1. The highest BCUT2D eigenvalue weighted by Crippen LogP contribution is 2.34. The van der Waals surface area contributed by atoms with Crippen LogP contribution in [0.25, 0.3) is 11.3 Å². The number of primary amides is 1. The zero-order chi connectivity index (χ0) is 15.6. The van der Waals surface area contributed by atoms with Gasteiger partial charge >= 0.3 is 11.9 Å². The van der Waals surface area contributed by atoms with Gasteiger partial charge in [0.05, 0.1) is 18.2 Å². The van der Waals surface area contributed by atoms with Gasteiger partial charge in [0.15, 0.2) is 5.75 Å². The largest absolute Gasteiger partial charge is 0.478 e. The van der Waals surface area contributed by atoms with Crippen LogP contribution >= 0.6 is 0 Å². The molecule has 1 aromatic heterocycles. The number of ether oxygens (including phenoxy) is 1. The number of esters is 1.